The third kappa shape index (κ3) is 5.97. The first-order chi connectivity index (χ1) is 16.9. The van der Waals surface area contributed by atoms with E-state index in [1.165, 1.54) is 37.4 Å². The first-order valence-electron chi connectivity index (χ1n) is 10.7. The number of benzene rings is 3. The molecule has 0 fully saturated rings. The molecule has 0 unspecified atom stereocenters. The molecule has 1 heterocycles. The molecule has 0 spiro atoms. The number of carbonyl (C=O) groups is 3. The molecule has 0 aliphatic heterocycles. The molecule has 0 aliphatic rings. The number of fused-ring (bicyclic) bond motifs is 1. The van der Waals surface area contributed by atoms with Crippen LogP contribution in [0.3, 0.4) is 0 Å². The Morgan fingerprint density at radius 2 is 1.57 bits per heavy atom. The van der Waals surface area contributed by atoms with Crippen LogP contribution in [-0.2, 0) is 16.1 Å². The van der Waals surface area contributed by atoms with Crippen LogP contribution < -0.4 is 16.1 Å². The Balaban J connectivity index is 1.44. The summed E-state index contributed by atoms with van der Waals surface area (Å²) in [6, 6.07) is 19.5. The first-order valence-corrected chi connectivity index (χ1v) is 10.7. The lowest BCUT2D eigenvalue weighted by atomic mass is 10.2. The maximum Gasteiger partial charge on any atom is 0.271 e. The molecule has 4 rings (SSSR count). The summed E-state index contributed by atoms with van der Waals surface area (Å²) in [5, 5.41) is 10.3. The van der Waals surface area contributed by atoms with E-state index >= 15 is 0 Å². The van der Waals surface area contributed by atoms with E-state index in [0.717, 1.165) is 16.5 Å². The van der Waals surface area contributed by atoms with Gasteiger partial charge in [0.15, 0.2) is 0 Å². The van der Waals surface area contributed by atoms with Crippen LogP contribution in [-0.4, -0.2) is 28.5 Å². The average Bonchev–Trinajstić information content (AvgIpc) is 3.18. The topological polar surface area (TPSA) is 105 Å². The predicted octanol–water partition coefficient (Wildman–Crippen LogP) is 4.14. The summed E-state index contributed by atoms with van der Waals surface area (Å²) in [6.45, 7) is 1.45. The molecule has 1 aromatic heterocycles. The minimum atomic E-state index is -0.405. The molecule has 3 aromatic carbocycles. The van der Waals surface area contributed by atoms with Crippen LogP contribution in [0.15, 0.2) is 84.1 Å². The molecule has 0 bridgehead atoms. The fourth-order valence-corrected chi connectivity index (χ4v) is 3.53. The van der Waals surface area contributed by atoms with Crippen molar-refractivity contribution >= 4 is 46.2 Å². The van der Waals surface area contributed by atoms with Crippen LogP contribution in [0.25, 0.3) is 10.9 Å². The number of amides is 3. The molecule has 9 heteroatoms. The van der Waals surface area contributed by atoms with Crippen molar-refractivity contribution in [2.75, 3.05) is 10.6 Å². The first kappa shape index (κ1) is 23.4. The van der Waals surface area contributed by atoms with Gasteiger partial charge >= 0.3 is 0 Å². The molecule has 0 atom stereocenters. The zero-order valence-electron chi connectivity index (χ0n) is 18.8. The summed E-state index contributed by atoms with van der Waals surface area (Å²) < 4.78 is 14.9. The number of hydrazone groups is 1. The lowest BCUT2D eigenvalue weighted by molar-refractivity contribution is -0.116. The summed E-state index contributed by atoms with van der Waals surface area (Å²) in [7, 11) is 0. The summed E-state index contributed by atoms with van der Waals surface area (Å²) >= 11 is 0. The van der Waals surface area contributed by atoms with Gasteiger partial charge in [0.05, 0.1) is 6.21 Å². The van der Waals surface area contributed by atoms with Crippen LogP contribution in [0.5, 0.6) is 0 Å². The summed E-state index contributed by atoms with van der Waals surface area (Å²) in [6.07, 6.45) is 3.28. The fraction of sp³-hybridized carbons (Fsp3) is 0.0769. The second-order valence-electron chi connectivity index (χ2n) is 7.74. The van der Waals surface area contributed by atoms with E-state index in [9.17, 15) is 18.8 Å². The number of anilines is 2. The number of rotatable bonds is 7. The van der Waals surface area contributed by atoms with Crippen LogP contribution in [0.4, 0.5) is 15.8 Å². The SMILES string of the molecule is CC(=O)Nc1ccc(C(=O)NN=Cc2cn(CC(=O)Nc3ccc(F)cc3)c3ccccc23)cc1. The lowest BCUT2D eigenvalue weighted by Gasteiger charge is -2.07. The van der Waals surface area contributed by atoms with Crippen LogP contribution >= 0.6 is 0 Å². The third-order valence-corrected chi connectivity index (χ3v) is 5.10. The molecule has 0 radical (unpaired) electrons. The maximum absolute atomic E-state index is 13.1. The molecule has 0 aliphatic carbocycles. The third-order valence-electron chi connectivity index (χ3n) is 5.10. The van der Waals surface area contributed by atoms with Gasteiger partial charge in [0.2, 0.25) is 11.8 Å². The molecule has 8 nitrogen and oxygen atoms in total. The molecular weight excluding hydrogens is 449 g/mol. The monoisotopic (exact) mass is 471 g/mol. The van der Waals surface area contributed by atoms with Crippen molar-refractivity contribution in [2.45, 2.75) is 13.5 Å². The second-order valence-corrected chi connectivity index (χ2v) is 7.74. The van der Waals surface area contributed by atoms with E-state index in [4.69, 9.17) is 0 Å². The van der Waals surface area contributed by atoms with Gasteiger partial charge in [-0.1, -0.05) is 18.2 Å². The Morgan fingerprint density at radius 3 is 2.29 bits per heavy atom. The van der Waals surface area contributed by atoms with E-state index in [0.29, 0.717) is 16.9 Å². The maximum atomic E-state index is 13.1. The van der Waals surface area contributed by atoms with E-state index in [2.05, 4.69) is 21.2 Å². The van der Waals surface area contributed by atoms with Crippen molar-refractivity contribution in [1.29, 1.82) is 0 Å². The number of aromatic nitrogens is 1. The number of hydrogen-bond donors (Lipinski definition) is 3. The number of halogens is 1. The molecular formula is C26H22FN5O3. The van der Waals surface area contributed by atoms with Gasteiger partial charge in [0.1, 0.15) is 12.4 Å². The molecule has 3 amide bonds. The van der Waals surface area contributed by atoms with Gasteiger partial charge in [0, 0.05) is 46.5 Å². The van der Waals surface area contributed by atoms with Crippen molar-refractivity contribution in [3.8, 4) is 0 Å². The van der Waals surface area contributed by atoms with Gasteiger partial charge in [-0.2, -0.15) is 5.10 Å². The second kappa shape index (κ2) is 10.4. The van der Waals surface area contributed by atoms with Crippen LogP contribution in [0.2, 0.25) is 0 Å². The minimum absolute atomic E-state index is 0.0404. The van der Waals surface area contributed by atoms with Gasteiger partial charge in [-0.15, -0.1) is 0 Å². The average molecular weight is 471 g/mol. The summed E-state index contributed by atoms with van der Waals surface area (Å²) in [5.74, 6) is -1.24. The zero-order chi connectivity index (χ0) is 24.8. The molecule has 4 aromatic rings. The van der Waals surface area contributed by atoms with Gasteiger partial charge < -0.3 is 15.2 Å². The van der Waals surface area contributed by atoms with Gasteiger partial charge in [-0.05, 0) is 54.6 Å². The van der Waals surface area contributed by atoms with Gasteiger partial charge in [-0.3, -0.25) is 14.4 Å². The Hall–Kier alpha value is -4.79. The minimum Gasteiger partial charge on any atom is -0.337 e. The Morgan fingerprint density at radius 1 is 0.914 bits per heavy atom. The van der Waals surface area contributed by atoms with Crippen molar-refractivity contribution < 1.29 is 18.8 Å². The normalized spacial score (nSPS) is 10.9. The van der Waals surface area contributed by atoms with Crippen molar-refractivity contribution in [1.82, 2.24) is 9.99 Å². The fourth-order valence-electron chi connectivity index (χ4n) is 3.53. The number of nitrogens with one attached hydrogen (secondary N) is 3. The van der Waals surface area contributed by atoms with Crippen molar-refractivity contribution in [2.24, 2.45) is 5.10 Å². The molecule has 0 saturated heterocycles. The Bertz CT molecular complexity index is 1410. The van der Waals surface area contributed by atoms with Crippen molar-refractivity contribution in [3.05, 3.63) is 95.9 Å². The molecule has 0 saturated carbocycles. The number of hydrogen-bond acceptors (Lipinski definition) is 4. The van der Waals surface area contributed by atoms with E-state index in [1.807, 2.05) is 24.3 Å². The largest absolute Gasteiger partial charge is 0.337 e. The van der Waals surface area contributed by atoms with Crippen molar-refractivity contribution in [3.63, 3.8) is 0 Å². The Labute approximate surface area is 200 Å². The lowest BCUT2D eigenvalue weighted by Crippen LogP contribution is -2.18. The summed E-state index contributed by atoms with van der Waals surface area (Å²) in [5.41, 5.74) is 5.50. The number of nitrogens with zero attached hydrogens (tertiary/aromatic N) is 2. The number of para-hydroxylation sites is 1. The molecule has 3 N–H and O–H groups in total. The highest BCUT2D eigenvalue weighted by Gasteiger charge is 2.11. The van der Waals surface area contributed by atoms with Gasteiger partial charge in [0.25, 0.3) is 5.91 Å². The highest BCUT2D eigenvalue weighted by atomic mass is 19.1. The van der Waals surface area contributed by atoms with E-state index < -0.39 is 5.91 Å². The Kier molecular flexibility index (Phi) is 6.96. The van der Waals surface area contributed by atoms with E-state index in [-0.39, 0.29) is 24.2 Å². The van der Waals surface area contributed by atoms with E-state index in [1.54, 1.807) is 35.0 Å². The van der Waals surface area contributed by atoms with Crippen LogP contribution in [0.1, 0.15) is 22.8 Å². The zero-order valence-corrected chi connectivity index (χ0v) is 18.8. The highest BCUT2D eigenvalue weighted by molar-refractivity contribution is 6.01. The predicted molar refractivity (Wildman–Crippen MR) is 133 cm³/mol. The standard InChI is InChI=1S/C26H22FN5O3/c1-17(33)29-21-10-6-18(7-11-21)26(35)31-28-14-19-15-32(24-5-3-2-4-23(19)24)16-25(34)30-22-12-8-20(27)9-13-22/h2-15H,16H2,1H3,(H,29,33)(H,30,34)(H,31,35). The quantitative estimate of drug-likeness (QED) is 0.279. The summed E-state index contributed by atoms with van der Waals surface area (Å²) in [4.78, 5) is 36.0. The smallest absolute Gasteiger partial charge is 0.271 e. The number of carbonyl (C=O) groups excluding carboxylic acids is 3. The van der Waals surface area contributed by atoms with Gasteiger partial charge in [-0.25, -0.2) is 9.82 Å². The highest BCUT2D eigenvalue weighted by Crippen LogP contribution is 2.20. The van der Waals surface area contributed by atoms with Crippen LogP contribution in [0, 0.1) is 5.82 Å². The molecule has 176 valence electrons. The molecule has 35 heavy (non-hydrogen) atoms.